The highest BCUT2D eigenvalue weighted by Gasteiger charge is 2.05. The van der Waals surface area contributed by atoms with Gasteiger partial charge in [-0.2, -0.15) is 0 Å². The Kier molecular flexibility index (Phi) is 3.00. The van der Waals surface area contributed by atoms with Crippen molar-refractivity contribution in [3.05, 3.63) is 83.4 Å². The number of hydrogen-bond donors (Lipinski definition) is 0. The first-order chi connectivity index (χ1) is 9.22. The van der Waals surface area contributed by atoms with Gasteiger partial charge in [-0.1, -0.05) is 48.5 Å². The van der Waals surface area contributed by atoms with E-state index >= 15 is 0 Å². The molecule has 19 heavy (non-hydrogen) atoms. The lowest BCUT2D eigenvalue weighted by Crippen LogP contribution is -1.89. The Hall–Kier alpha value is -2.22. The second-order valence-electron chi connectivity index (χ2n) is 4.61. The molecule has 2 heteroatoms. The molecule has 0 unspecified atom stereocenters. The first kappa shape index (κ1) is 11.8. The summed E-state index contributed by atoms with van der Waals surface area (Å²) in [5.74, 6) is -1.60. The third-order valence-corrected chi connectivity index (χ3v) is 3.19. The van der Waals surface area contributed by atoms with Crippen molar-refractivity contribution in [2.75, 3.05) is 0 Å². The van der Waals surface area contributed by atoms with Crippen molar-refractivity contribution in [2.24, 2.45) is 0 Å². The molecular weight excluding hydrogens is 242 g/mol. The molecule has 3 aromatic rings. The van der Waals surface area contributed by atoms with Gasteiger partial charge in [0, 0.05) is 0 Å². The molecule has 94 valence electrons. The maximum atomic E-state index is 13.2. The highest BCUT2D eigenvalue weighted by atomic mass is 19.2. The molecule has 0 fully saturated rings. The van der Waals surface area contributed by atoms with Crippen molar-refractivity contribution in [1.82, 2.24) is 0 Å². The minimum Gasteiger partial charge on any atom is -0.204 e. The number of fused-ring (bicyclic) bond motifs is 1. The molecule has 0 aliphatic carbocycles. The summed E-state index contributed by atoms with van der Waals surface area (Å²) in [6, 6.07) is 18.2. The molecule has 0 spiro atoms. The van der Waals surface area contributed by atoms with Crippen LogP contribution in [0, 0.1) is 11.6 Å². The van der Waals surface area contributed by atoms with Crippen LogP contribution in [0.4, 0.5) is 8.78 Å². The van der Waals surface area contributed by atoms with E-state index in [0.29, 0.717) is 0 Å². The largest absolute Gasteiger partial charge is 0.204 e. The van der Waals surface area contributed by atoms with Crippen molar-refractivity contribution < 1.29 is 8.78 Å². The number of benzene rings is 3. The zero-order chi connectivity index (χ0) is 13.2. The Morgan fingerprint density at radius 3 is 2.05 bits per heavy atom. The maximum absolute atomic E-state index is 13.2. The molecule has 0 saturated heterocycles. The average molecular weight is 254 g/mol. The van der Waals surface area contributed by atoms with Gasteiger partial charge < -0.3 is 0 Å². The molecule has 0 saturated carbocycles. The van der Waals surface area contributed by atoms with E-state index < -0.39 is 11.6 Å². The molecule has 3 rings (SSSR count). The molecule has 0 bridgehead atoms. The van der Waals surface area contributed by atoms with Gasteiger partial charge in [0.1, 0.15) is 0 Å². The minimum atomic E-state index is -0.802. The standard InChI is InChI=1S/C17H12F2/c18-16-10-14-7-6-13(9-15(14)11-17(16)19)8-12-4-2-1-3-5-12/h1-7,9-11H,8H2. The van der Waals surface area contributed by atoms with E-state index in [1.165, 1.54) is 17.7 Å². The topological polar surface area (TPSA) is 0 Å². The van der Waals surface area contributed by atoms with Crippen molar-refractivity contribution >= 4 is 10.8 Å². The fraction of sp³-hybridized carbons (Fsp3) is 0.0588. The zero-order valence-corrected chi connectivity index (χ0v) is 10.2. The van der Waals surface area contributed by atoms with Gasteiger partial charge in [-0.05, 0) is 40.5 Å². The van der Waals surface area contributed by atoms with E-state index in [9.17, 15) is 8.78 Å². The van der Waals surface area contributed by atoms with Crippen LogP contribution in [0.5, 0.6) is 0 Å². The van der Waals surface area contributed by atoms with Crippen molar-refractivity contribution in [3.63, 3.8) is 0 Å². The van der Waals surface area contributed by atoms with Crippen LogP contribution < -0.4 is 0 Å². The summed E-state index contributed by atoms with van der Waals surface area (Å²) in [4.78, 5) is 0. The SMILES string of the molecule is Fc1cc2ccc(Cc3ccccc3)cc2cc1F. The molecule has 0 aliphatic rings. The van der Waals surface area contributed by atoms with Crippen molar-refractivity contribution in [3.8, 4) is 0 Å². The van der Waals surface area contributed by atoms with Crippen molar-refractivity contribution in [2.45, 2.75) is 6.42 Å². The summed E-state index contributed by atoms with van der Waals surface area (Å²) in [7, 11) is 0. The molecule has 0 heterocycles. The van der Waals surface area contributed by atoms with Gasteiger partial charge in [-0.25, -0.2) is 8.78 Å². The van der Waals surface area contributed by atoms with Gasteiger partial charge in [0.15, 0.2) is 11.6 Å². The van der Waals surface area contributed by atoms with Crippen LogP contribution >= 0.6 is 0 Å². The highest BCUT2D eigenvalue weighted by Crippen LogP contribution is 2.21. The average Bonchev–Trinajstić information content (AvgIpc) is 2.42. The third kappa shape index (κ3) is 2.48. The van der Waals surface area contributed by atoms with E-state index in [0.717, 1.165) is 22.8 Å². The van der Waals surface area contributed by atoms with E-state index in [4.69, 9.17) is 0 Å². The molecule has 0 radical (unpaired) electrons. The number of hydrogen-bond acceptors (Lipinski definition) is 0. The molecule has 0 amide bonds. The summed E-state index contributed by atoms with van der Waals surface area (Å²) in [5, 5.41) is 1.45. The molecule has 0 atom stereocenters. The Morgan fingerprint density at radius 2 is 1.32 bits per heavy atom. The monoisotopic (exact) mass is 254 g/mol. The quantitative estimate of drug-likeness (QED) is 0.621. The van der Waals surface area contributed by atoms with Gasteiger partial charge in [0.2, 0.25) is 0 Å². The Labute approximate surface area is 110 Å². The molecular formula is C17H12F2. The Bertz CT molecular complexity index is 718. The summed E-state index contributed by atoms with van der Waals surface area (Å²) in [5.41, 5.74) is 2.29. The van der Waals surface area contributed by atoms with Crippen LogP contribution in [0.3, 0.4) is 0 Å². The smallest absolute Gasteiger partial charge is 0.159 e. The molecule has 0 nitrogen and oxygen atoms in total. The van der Waals surface area contributed by atoms with E-state index in [1.54, 1.807) is 0 Å². The second-order valence-corrected chi connectivity index (χ2v) is 4.61. The zero-order valence-electron chi connectivity index (χ0n) is 10.2. The van der Waals surface area contributed by atoms with Crippen LogP contribution in [-0.4, -0.2) is 0 Å². The molecule has 0 N–H and O–H groups in total. The molecule has 0 aromatic heterocycles. The summed E-state index contributed by atoms with van der Waals surface area (Å²) in [6.45, 7) is 0. The summed E-state index contributed by atoms with van der Waals surface area (Å²) < 4.78 is 26.4. The van der Waals surface area contributed by atoms with Gasteiger partial charge in [0.25, 0.3) is 0 Å². The lowest BCUT2D eigenvalue weighted by molar-refractivity contribution is 0.511. The van der Waals surface area contributed by atoms with E-state index in [2.05, 4.69) is 12.1 Å². The number of rotatable bonds is 2. The fourth-order valence-electron chi connectivity index (χ4n) is 2.23. The number of halogens is 2. The second kappa shape index (κ2) is 4.81. The van der Waals surface area contributed by atoms with Crippen LogP contribution in [-0.2, 0) is 6.42 Å². The summed E-state index contributed by atoms with van der Waals surface area (Å²) >= 11 is 0. The lowest BCUT2D eigenvalue weighted by atomic mass is 10.0. The van der Waals surface area contributed by atoms with E-state index in [1.807, 2.05) is 36.4 Å². The maximum Gasteiger partial charge on any atom is 0.159 e. The van der Waals surface area contributed by atoms with Gasteiger partial charge >= 0.3 is 0 Å². The van der Waals surface area contributed by atoms with E-state index in [-0.39, 0.29) is 0 Å². The van der Waals surface area contributed by atoms with Crippen LogP contribution in [0.15, 0.2) is 60.7 Å². The fourth-order valence-corrected chi connectivity index (χ4v) is 2.23. The predicted octanol–water partition coefficient (Wildman–Crippen LogP) is 4.71. The first-order valence-corrected chi connectivity index (χ1v) is 6.14. The third-order valence-electron chi connectivity index (χ3n) is 3.19. The predicted molar refractivity (Wildman–Crippen MR) is 73.1 cm³/mol. The first-order valence-electron chi connectivity index (χ1n) is 6.14. The Balaban J connectivity index is 2.00. The Morgan fingerprint density at radius 1 is 0.632 bits per heavy atom. The van der Waals surface area contributed by atoms with Crippen molar-refractivity contribution in [1.29, 1.82) is 0 Å². The van der Waals surface area contributed by atoms with Crippen LogP contribution in [0.2, 0.25) is 0 Å². The van der Waals surface area contributed by atoms with Crippen LogP contribution in [0.25, 0.3) is 10.8 Å². The molecule has 0 aliphatic heterocycles. The molecule has 3 aromatic carbocycles. The van der Waals surface area contributed by atoms with Gasteiger partial charge in [0.05, 0.1) is 0 Å². The summed E-state index contributed by atoms with van der Waals surface area (Å²) in [6.07, 6.45) is 0.787. The minimum absolute atomic E-state index is 0.718. The van der Waals surface area contributed by atoms with Gasteiger partial charge in [-0.3, -0.25) is 0 Å². The lowest BCUT2D eigenvalue weighted by Gasteiger charge is -2.05. The van der Waals surface area contributed by atoms with Crippen LogP contribution in [0.1, 0.15) is 11.1 Å². The highest BCUT2D eigenvalue weighted by molar-refractivity contribution is 5.83. The normalized spacial score (nSPS) is 10.8. The van der Waals surface area contributed by atoms with Gasteiger partial charge in [-0.15, -0.1) is 0 Å².